The molecule has 2 rings (SSSR count). The van der Waals surface area contributed by atoms with Gasteiger partial charge in [0.2, 0.25) is 5.91 Å². The van der Waals surface area contributed by atoms with Crippen LogP contribution in [0, 0.1) is 5.92 Å². The van der Waals surface area contributed by atoms with Gasteiger partial charge in [-0.25, -0.2) is 0 Å². The third-order valence-electron chi connectivity index (χ3n) is 3.63. The molecular formula is C13H19N3O3. The monoisotopic (exact) mass is 265 g/mol. The second-order valence-corrected chi connectivity index (χ2v) is 5.03. The summed E-state index contributed by atoms with van der Waals surface area (Å²) < 4.78 is 4.64. The van der Waals surface area contributed by atoms with Gasteiger partial charge in [0.25, 0.3) is 5.91 Å². The van der Waals surface area contributed by atoms with Crippen molar-refractivity contribution >= 4 is 11.8 Å². The Morgan fingerprint density at radius 2 is 2.16 bits per heavy atom. The Hall–Kier alpha value is -1.85. The van der Waals surface area contributed by atoms with Gasteiger partial charge in [-0.3, -0.25) is 9.59 Å². The predicted molar refractivity (Wildman–Crippen MR) is 68.1 cm³/mol. The van der Waals surface area contributed by atoms with E-state index in [9.17, 15) is 9.59 Å². The minimum Gasteiger partial charge on any atom is -0.370 e. The summed E-state index contributed by atoms with van der Waals surface area (Å²) in [5, 5.41) is 6.45. The molecule has 1 saturated carbocycles. The molecule has 1 fully saturated rings. The quantitative estimate of drug-likeness (QED) is 0.836. The molecule has 1 aromatic rings. The fraction of sp³-hybridized carbons (Fsp3) is 0.615. The molecule has 0 aliphatic heterocycles. The fourth-order valence-corrected chi connectivity index (χ4v) is 2.66. The zero-order chi connectivity index (χ0) is 13.7. The van der Waals surface area contributed by atoms with Gasteiger partial charge in [-0.15, -0.1) is 0 Å². The summed E-state index contributed by atoms with van der Waals surface area (Å²) in [6.07, 6.45) is 7.07. The van der Waals surface area contributed by atoms with E-state index in [1.165, 1.54) is 18.8 Å². The van der Waals surface area contributed by atoms with Gasteiger partial charge in [-0.2, -0.15) is 0 Å². The normalized spacial score (nSPS) is 17.9. The Morgan fingerprint density at radius 3 is 2.74 bits per heavy atom. The first-order valence-corrected chi connectivity index (χ1v) is 6.66. The van der Waals surface area contributed by atoms with Gasteiger partial charge in [-0.1, -0.05) is 24.4 Å². The minimum atomic E-state index is -0.393. The van der Waals surface area contributed by atoms with Crippen LogP contribution in [0.5, 0.6) is 0 Å². The standard InChI is InChI=1S/C13H19N3O3/c14-12(17)8-11(9-4-2-1-3-5-9)15-13(18)10-6-7-19-16-10/h6-7,9,11H,1-5,8H2,(H2,14,17)(H,15,18). The van der Waals surface area contributed by atoms with Crippen LogP contribution >= 0.6 is 0 Å². The molecule has 0 bridgehead atoms. The van der Waals surface area contributed by atoms with Crippen molar-refractivity contribution in [2.45, 2.75) is 44.6 Å². The van der Waals surface area contributed by atoms with Crippen molar-refractivity contribution in [1.82, 2.24) is 10.5 Å². The van der Waals surface area contributed by atoms with Gasteiger partial charge < -0.3 is 15.6 Å². The van der Waals surface area contributed by atoms with E-state index in [-0.39, 0.29) is 24.1 Å². The Bertz CT molecular complexity index is 424. The predicted octanol–water partition coefficient (Wildman–Crippen LogP) is 1.23. The van der Waals surface area contributed by atoms with Gasteiger partial charge in [0.1, 0.15) is 6.26 Å². The number of carbonyl (C=O) groups is 2. The van der Waals surface area contributed by atoms with Crippen LogP contribution in [0.15, 0.2) is 16.9 Å². The molecule has 104 valence electrons. The first-order valence-electron chi connectivity index (χ1n) is 6.66. The molecule has 1 aromatic heterocycles. The van der Waals surface area contributed by atoms with E-state index in [1.54, 1.807) is 0 Å². The minimum absolute atomic E-state index is 0.175. The summed E-state index contributed by atoms with van der Waals surface area (Å²) >= 11 is 0. The average Bonchev–Trinajstić information content (AvgIpc) is 2.92. The molecule has 0 aromatic carbocycles. The summed E-state index contributed by atoms with van der Waals surface area (Å²) in [7, 11) is 0. The van der Waals surface area contributed by atoms with Crippen molar-refractivity contribution in [3.8, 4) is 0 Å². The number of hydrogen-bond donors (Lipinski definition) is 2. The van der Waals surface area contributed by atoms with Crippen LogP contribution in [0.3, 0.4) is 0 Å². The highest BCUT2D eigenvalue weighted by molar-refractivity contribution is 5.92. The number of nitrogens with one attached hydrogen (secondary N) is 1. The topological polar surface area (TPSA) is 98.2 Å². The molecule has 3 N–H and O–H groups in total. The van der Waals surface area contributed by atoms with E-state index < -0.39 is 5.91 Å². The molecule has 2 amide bonds. The molecule has 6 heteroatoms. The second kappa shape index (κ2) is 6.36. The summed E-state index contributed by atoms with van der Waals surface area (Å²) in [6, 6.07) is 1.29. The van der Waals surface area contributed by atoms with E-state index in [2.05, 4.69) is 15.0 Å². The van der Waals surface area contributed by atoms with E-state index in [4.69, 9.17) is 5.73 Å². The zero-order valence-electron chi connectivity index (χ0n) is 10.8. The van der Waals surface area contributed by atoms with Crippen LogP contribution < -0.4 is 11.1 Å². The molecule has 1 aliphatic carbocycles. The van der Waals surface area contributed by atoms with Crippen LogP contribution in [0.1, 0.15) is 49.0 Å². The van der Waals surface area contributed by atoms with Crippen molar-refractivity contribution < 1.29 is 14.1 Å². The highest BCUT2D eigenvalue weighted by Crippen LogP contribution is 2.27. The van der Waals surface area contributed by atoms with Crippen molar-refractivity contribution in [3.05, 3.63) is 18.0 Å². The number of nitrogens with zero attached hydrogens (tertiary/aromatic N) is 1. The van der Waals surface area contributed by atoms with Crippen LogP contribution in [0.2, 0.25) is 0 Å². The summed E-state index contributed by atoms with van der Waals surface area (Å²) in [6.45, 7) is 0. The largest absolute Gasteiger partial charge is 0.370 e. The van der Waals surface area contributed by atoms with E-state index in [1.807, 2.05) is 0 Å². The first-order chi connectivity index (χ1) is 9.16. The maximum atomic E-state index is 12.0. The second-order valence-electron chi connectivity index (χ2n) is 5.03. The summed E-state index contributed by atoms with van der Waals surface area (Å²) in [4.78, 5) is 23.1. The van der Waals surface area contributed by atoms with E-state index in [0.717, 1.165) is 25.7 Å². The fourth-order valence-electron chi connectivity index (χ4n) is 2.66. The molecule has 0 saturated heterocycles. The first kappa shape index (κ1) is 13.6. The molecule has 1 heterocycles. The molecule has 6 nitrogen and oxygen atoms in total. The van der Waals surface area contributed by atoms with Crippen LogP contribution in [-0.2, 0) is 4.79 Å². The van der Waals surface area contributed by atoms with E-state index >= 15 is 0 Å². The molecule has 1 unspecified atom stereocenters. The lowest BCUT2D eigenvalue weighted by Crippen LogP contribution is -2.43. The summed E-state index contributed by atoms with van der Waals surface area (Å²) in [5.74, 6) is -0.390. The molecule has 0 radical (unpaired) electrons. The third-order valence-corrected chi connectivity index (χ3v) is 3.63. The lowest BCUT2D eigenvalue weighted by atomic mass is 9.82. The van der Waals surface area contributed by atoms with E-state index in [0.29, 0.717) is 5.92 Å². The van der Waals surface area contributed by atoms with Crippen molar-refractivity contribution in [1.29, 1.82) is 0 Å². The SMILES string of the molecule is NC(=O)CC(NC(=O)c1ccon1)C1CCCCC1. The van der Waals surface area contributed by atoms with Crippen molar-refractivity contribution in [3.63, 3.8) is 0 Å². The van der Waals surface area contributed by atoms with Crippen molar-refractivity contribution in [2.75, 3.05) is 0 Å². The number of nitrogens with two attached hydrogens (primary N) is 1. The maximum absolute atomic E-state index is 12.0. The highest BCUT2D eigenvalue weighted by Gasteiger charge is 2.27. The van der Waals surface area contributed by atoms with Crippen LogP contribution in [0.4, 0.5) is 0 Å². The zero-order valence-corrected chi connectivity index (χ0v) is 10.8. The Kier molecular flexibility index (Phi) is 4.54. The number of carbonyl (C=O) groups excluding carboxylic acids is 2. The van der Waals surface area contributed by atoms with Gasteiger partial charge in [0.15, 0.2) is 5.69 Å². The molecule has 1 atom stereocenters. The smallest absolute Gasteiger partial charge is 0.273 e. The number of rotatable bonds is 5. The van der Waals surface area contributed by atoms with Crippen molar-refractivity contribution in [2.24, 2.45) is 11.7 Å². The lowest BCUT2D eigenvalue weighted by molar-refractivity contribution is -0.118. The van der Waals surface area contributed by atoms with Gasteiger partial charge >= 0.3 is 0 Å². The van der Waals surface area contributed by atoms with Crippen LogP contribution in [-0.4, -0.2) is 23.0 Å². The molecule has 1 aliphatic rings. The molecule has 0 spiro atoms. The maximum Gasteiger partial charge on any atom is 0.273 e. The number of hydrogen-bond acceptors (Lipinski definition) is 4. The van der Waals surface area contributed by atoms with Gasteiger partial charge in [-0.05, 0) is 18.8 Å². The Balaban J connectivity index is 2.00. The number of primary amides is 1. The van der Waals surface area contributed by atoms with Crippen LogP contribution in [0.25, 0.3) is 0 Å². The Morgan fingerprint density at radius 1 is 1.42 bits per heavy atom. The summed E-state index contributed by atoms with van der Waals surface area (Å²) in [5.41, 5.74) is 5.50. The molecular weight excluding hydrogens is 246 g/mol. The van der Waals surface area contributed by atoms with Gasteiger partial charge in [0, 0.05) is 18.5 Å². The van der Waals surface area contributed by atoms with Gasteiger partial charge in [0.05, 0.1) is 0 Å². The number of amides is 2. The third kappa shape index (κ3) is 3.81. The lowest BCUT2D eigenvalue weighted by Gasteiger charge is -2.30. The number of aromatic nitrogens is 1. The average molecular weight is 265 g/mol. The Labute approximate surface area is 111 Å². The highest BCUT2D eigenvalue weighted by atomic mass is 16.5. The molecule has 19 heavy (non-hydrogen) atoms.